The van der Waals surface area contributed by atoms with Crippen LogP contribution in [0.15, 0.2) is 34.9 Å². The van der Waals surface area contributed by atoms with Gasteiger partial charge in [-0.1, -0.05) is 18.5 Å². The number of anilines is 1. The quantitative estimate of drug-likeness (QED) is 0.669. The zero-order chi connectivity index (χ0) is 21.0. The zero-order valence-corrected chi connectivity index (χ0v) is 17.2. The Hall–Kier alpha value is -2.94. The average Bonchev–Trinajstić information content (AvgIpc) is 3.31. The Balaban J connectivity index is 1.43. The number of urea groups is 1. The van der Waals surface area contributed by atoms with Crippen molar-refractivity contribution in [1.29, 1.82) is 0 Å². The van der Waals surface area contributed by atoms with E-state index >= 15 is 0 Å². The first kappa shape index (κ1) is 19.0. The molecule has 0 unspecified atom stereocenters. The normalized spacial score (nSPS) is 25.1. The minimum atomic E-state index is -0.611. The van der Waals surface area contributed by atoms with Gasteiger partial charge < -0.3 is 14.6 Å². The topological polar surface area (TPSA) is 89.1 Å². The summed E-state index contributed by atoms with van der Waals surface area (Å²) >= 11 is 6.24. The van der Waals surface area contributed by atoms with Crippen molar-refractivity contribution >= 4 is 23.3 Å². The highest BCUT2D eigenvalue weighted by Crippen LogP contribution is 2.55. The Morgan fingerprint density at radius 1 is 1.33 bits per heavy atom. The molecule has 0 radical (unpaired) electrons. The Morgan fingerprint density at radius 3 is 2.87 bits per heavy atom. The second kappa shape index (κ2) is 6.80. The molecule has 2 aromatic heterocycles. The largest absolute Gasteiger partial charge is 0.423 e. The summed E-state index contributed by atoms with van der Waals surface area (Å²) in [6.45, 7) is 3.92. The average molecular weight is 431 g/mol. The van der Waals surface area contributed by atoms with E-state index in [0.717, 1.165) is 19.3 Å². The van der Waals surface area contributed by atoms with Crippen LogP contribution in [0.25, 0.3) is 5.69 Å². The number of nitrogens with zero attached hydrogens (tertiary/aromatic N) is 5. The molecule has 2 fully saturated rings. The molecule has 5 rings (SSSR count). The zero-order valence-electron chi connectivity index (χ0n) is 16.5. The third-order valence-electron chi connectivity index (χ3n) is 5.90. The van der Waals surface area contributed by atoms with Crippen molar-refractivity contribution < 1.29 is 13.6 Å². The first-order valence-corrected chi connectivity index (χ1v) is 10.2. The van der Waals surface area contributed by atoms with E-state index in [-0.39, 0.29) is 12.1 Å². The van der Waals surface area contributed by atoms with Gasteiger partial charge in [0.25, 0.3) is 0 Å². The van der Waals surface area contributed by atoms with Gasteiger partial charge in [0.05, 0.1) is 10.7 Å². The molecule has 1 N–H and O–H groups in total. The molecule has 156 valence electrons. The van der Waals surface area contributed by atoms with Crippen molar-refractivity contribution in [2.45, 2.75) is 44.7 Å². The lowest BCUT2D eigenvalue weighted by molar-refractivity contribution is -0.110. The number of hydrogen-bond donors (Lipinski definition) is 1. The van der Waals surface area contributed by atoms with Crippen LogP contribution < -0.4 is 5.32 Å². The number of aryl methyl sites for hydroxylation is 1. The molecular weight excluding hydrogens is 411 g/mol. The van der Waals surface area contributed by atoms with Gasteiger partial charge in [-0.2, -0.15) is 4.39 Å². The molecule has 1 saturated heterocycles. The number of amides is 2. The summed E-state index contributed by atoms with van der Waals surface area (Å²) in [6, 6.07) is 6.11. The van der Waals surface area contributed by atoms with Crippen molar-refractivity contribution in [3.63, 3.8) is 0 Å². The van der Waals surface area contributed by atoms with Gasteiger partial charge in [-0.3, -0.25) is 0 Å². The molecule has 3 atom stereocenters. The van der Waals surface area contributed by atoms with E-state index in [2.05, 4.69) is 27.5 Å². The number of rotatable bonds is 3. The summed E-state index contributed by atoms with van der Waals surface area (Å²) < 4.78 is 20.4. The van der Waals surface area contributed by atoms with Crippen LogP contribution in [0, 0.1) is 18.8 Å². The van der Waals surface area contributed by atoms with E-state index in [0.29, 0.717) is 34.1 Å². The number of likely N-dealkylation sites (tertiary alicyclic amines) is 1. The summed E-state index contributed by atoms with van der Waals surface area (Å²) in [6.07, 6.45) is 3.98. The van der Waals surface area contributed by atoms with Gasteiger partial charge in [0.1, 0.15) is 5.54 Å². The van der Waals surface area contributed by atoms with Gasteiger partial charge in [0, 0.05) is 37.3 Å². The number of nitrogens with one attached hydrogen (secondary N) is 1. The third kappa shape index (κ3) is 2.96. The Morgan fingerprint density at radius 2 is 2.17 bits per heavy atom. The first-order valence-electron chi connectivity index (χ1n) is 9.78. The smallest absolute Gasteiger partial charge is 0.323 e. The van der Waals surface area contributed by atoms with Crippen LogP contribution >= 0.6 is 11.6 Å². The lowest BCUT2D eigenvalue weighted by atomic mass is 9.64. The molecule has 1 aliphatic carbocycles. The molecule has 30 heavy (non-hydrogen) atoms. The summed E-state index contributed by atoms with van der Waals surface area (Å²) in [7, 11) is 0. The van der Waals surface area contributed by atoms with E-state index in [4.69, 9.17) is 16.0 Å². The monoisotopic (exact) mass is 430 g/mol. The summed E-state index contributed by atoms with van der Waals surface area (Å²) in [5.41, 5.74) is 0.428. The van der Waals surface area contributed by atoms with Gasteiger partial charge in [-0.15, -0.1) is 15.3 Å². The third-order valence-corrected chi connectivity index (χ3v) is 6.22. The van der Waals surface area contributed by atoms with Crippen molar-refractivity contribution in [3.8, 4) is 5.69 Å². The summed E-state index contributed by atoms with van der Waals surface area (Å²) in [4.78, 5) is 15.1. The predicted octanol–water partition coefficient (Wildman–Crippen LogP) is 4.29. The van der Waals surface area contributed by atoms with Gasteiger partial charge in [-0.25, -0.2) is 9.48 Å². The second-order valence-electron chi connectivity index (χ2n) is 8.11. The van der Waals surface area contributed by atoms with E-state index in [1.165, 1.54) is 16.9 Å². The maximum Gasteiger partial charge on any atom is 0.323 e. The highest BCUT2D eigenvalue weighted by Gasteiger charge is 2.62. The second-order valence-corrected chi connectivity index (χ2v) is 8.52. The molecule has 2 aliphatic rings. The molecule has 1 aliphatic heterocycles. The van der Waals surface area contributed by atoms with Gasteiger partial charge in [-0.05, 0) is 37.0 Å². The van der Waals surface area contributed by atoms with Crippen LogP contribution in [-0.2, 0) is 5.54 Å². The lowest BCUT2D eigenvalue weighted by Crippen LogP contribution is -2.70. The Labute approximate surface area is 177 Å². The maximum absolute atomic E-state index is 13.3. The van der Waals surface area contributed by atoms with E-state index in [1.54, 1.807) is 25.1 Å². The molecule has 3 aromatic rings. The van der Waals surface area contributed by atoms with Gasteiger partial charge >= 0.3 is 6.03 Å². The van der Waals surface area contributed by atoms with E-state index < -0.39 is 11.5 Å². The number of fused-ring (bicyclic) bond motifs is 2. The Bertz CT molecular complexity index is 1130. The molecule has 1 saturated carbocycles. The molecule has 3 heterocycles. The number of carbonyl (C=O) groups is 1. The first-order chi connectivity index (χ1) is 14.4. The standard InChI is InChI=1S/C20H20ClFN6O2/c1-11-7-14-10-20(9-11,18-25-24-12(2)30-18)28(14)19(29)23-13-3-4-15(21)16(8-13)27-6-5-17(22)26-27/h3-6,8,11,14H,7,9-10H2,1-2H3,(H,23,29)/t11-,14-,20+/m0/s1. The van der Waals surface area contributed by atoms with E-state index in [9.17, 15) is 9.18 Å². The minimum Gasteiger partial charge on any atom is -0.423 e. The van der Waals surface area contributed by atoms with Gasteiger partial charge in [0.2, 0.25) is 17.7 Å². The fourth-order valence-electron chi connectivity index (χ4n) is 4.82. The van der Waals surface area contributed by atoms with E-state index in [1.807, 2.05) is 4.90 Å². The number of aromatic nitrogens is 4. The predicted molar refractivity (Wildman–Crippen MR) is 107 cm³/mol. The Kier molecular flexibility index (Phi) is 4.32. The van der Waals surface area contributed by atoms with Crippen molar-refractivity contribution in [1.82, 2.24) is 24.9 Å². The summed E-state index contributed by atoms with van der Waals surface area (Å²) in [5.74, 6) is 0.814. The minimum absolute atomic E-state index is 0.118. The van der Waals surface area contributed by atoms with Crippen LogP contribution in [0.4, 0.5) is 14.9 Å². The number of carbonyl (C=O) groups excluding carboxylic acids is 1. The van der Waals surface area contributed by atoms with Crippen LogP contribution in [0.2, 0.25) is 5.02 Å². The van der Waals surface area contributed by atoms with Crippen molar-refractivity contribution in [3.05, 3.63) is 53.2 Å². The van der Waals surface area contributed by atoms with Crippen LogP contribution in [0.3, 0.4) is 0 Å². The van der Waals surface area contributed by atoms with Crippen molar-refractivity contribution in [2.75, 3.05) is 5.32 Å². The highest BCUT2D eigenvalue weighted by molar-refractivity contribution is 6.32. The SMILES string of the molecule is Cc1nnc([C@@]23C[C@@H](C)C[C@@H](C2)N3C(=O)Nc2ccc(Cl)c(-n3ccc(F)n3)c2)o1. The lowest BCUT2D eigenvalue weighted by Gasteiger charge is -2.61. The number of benzene rings is 1. The fourth-order valence-corrected chi connectivity index (χ4v) is 5.02. The molecule has 2 amide bonds. The van der Waals surface area contributed by atoms with Crippen LogP contribution in [0.5, 0.6) is 0 Å². The number of piperidine rings is 1. The maximum atomic E-state index is 13.3. The number of halogens is 2. The van der Waals surface area contributed by atoms with Crippen LogP contribution in [-0.4, -0.2) is 37.0 Å². The molecule has 10 heteroatoms. The number of hydrogen-bond acceptors (Lipinski definition) is 5. The van der Waals surface area contributed by atoms with Crippen molar-refractivity contribution in [2.24, 2.45) is 5.92 Å². The molecule has 0 spiro atoms. The molecular formula is C20H20ClFN6O2. The fraction of sp³-hybridized carbons (Fsp3) is 0.400. The molecule has 8 nitrogen and oxygen atoms in total. The molecule has 2 bridgehead atoms. The van der Waals surface area contributed by atoms with Gasteiger partial charge in [0.15, 0.2) is 0 Å². The molecule has 1 aromatic carbocycles. The highest BCUT2D eigenvalue weighted by atomic mass is 35.5. The van der Waals surface area contributed by atoms with Crippen LogP contribution in [0.1, 0.15) is 38.0 Å². The summed E-state index contributed by atoms with van der Waals surface area (Å²) in [5, 5.41) is 15.3.